The third kappa shape index (κ3) is 5.78. The Balaban J connectivity index is 1.56. The van der Waals surface area contributed by atoms with Crippen LogP contribution in [0.4, 0.5) is 5.69 Å². The predicted molar refractivity (Wildman–Crippen MR) is 119 cm³/mol. The first-order valence-electron chi connectivity index (χ1n) is 10.4. The average Bonchev–Trinajstić information content (AvgIpc) is 3.09. The highest BCUT2D eigenvalue weighted by Crippen LogP contribution is 2.17. The number of rotatable bonds is 9. The summed E-state index contributed by atoms with van der Waals surface area (Å²) in [4.78, 5) is 41.1. The Bertz CT molecular complexity index is 1080. The van der Waals surface area contributed by atoms with Gasteiger partial charge in [0.1, 0.15) is 12.4 Å². The Morgan fingerprint density at radius 2 is 1.77 bits per heavy atom. The van der Waals surface area contributed by atoms with Crippen LogP contribution < -0.4 is 5.32 Å². The van der Waals surface area contributed by atoms with Crippen molar-refractivity contribution >= 4 is 34.4 Å². The second kappa shape index (κ2) is 10.0. The van der Waals surface area contributed by atoms with Crippen molar-refractivity contribution in [2.75, 3.05) is 11.9 Å². The smallest absolute Gasteiger partial charge is 0.326 e. The highest BCUT2D eigenvalue weighted by Gasteiger charge is 2.15. The number of carbonyl (C=O) groups excluding carboxylic acids is 3. The zero-order chi connectivity index (χ0) is 22.4. The summed E-state index contributed by atoms with van der Waals surface area (Å²) in [7, 11) is 0. The van der Waals surface area contributed by atoms with Crippen molar-refractivity contribution in [3.8, 4) is 0 Å². The largest absolute Gasteiger partial charge is 0.456 e. The van der Waals surface area contributed by atoms with Gasteiger partial charge in [0.15, 0.2) is 12.4 Å². The average molecular weight is 421 g/mol. The number of ether oxygens (including phenoxy) is 1. The van der Waals surface area contributed by atoms with Crippen LogP contribution in [0.15, 0.2) is 48.5 Å². The number of imidazole rings is 1. The van der Waals surface area contributed by atoms with Crippen molar-refractivity contribution in [1.29, 1.82) is 0 Å². The maximum absolute atomic E-state index is 12.4. The van der Waals surface area contributed by atoms with Gasteiger partial charge in [-0.3, -0.25) is 14.4 Å². The molecular formula is C24H27N3O4. The van der Waals surface area contributed by atoms with E-state index >= 15 is 0 Å². The zero-order valence-electron chi connectivity index (χ0n) is 18.1. The second-order valence-corrected chi connectivity index (χ2v) is 7.76. The first-order valence-corrected chi connectivity index (χ1v) is 10.4. The molecule has 0 bridgehead atoms. The van der Waals surface area contributed by atoms with Crippen molar-refractivity contribution in [2.24, 2.45) is 5.92 Å². The fraction of sp³-hybridized carbons (Fsp3) is 0.333. The molecule has 3 aromatic rings. The number of hydrogen-bond acceptors (Lipinski definition) is 5. The monoisotopic (exact) mass is 421 g/mol. The summed E-state index contributed by atoms with van der Waals surface area (Å²) in [6.07, 6.45) is 1.11. The molecule has 1 N–H and O–H groups in total. The summed E-state index contributed by atoms with van der Waals surface area (Å²) in [5, 5.41) is 2.80. The van der Waals surface area contributed by atoms with Gasteiger partial charge in [0.25, 0.3) is 0 Å². The number of para-hydroxylation sites is 2. The van der Waals surface area contributed by atoms with E-state index in [0.717, 1.165) is 16.9 Å². The van der Waals surface area contributed by atoms with Gasteiger partial charge >= 0.3 is 5.97 Å². The SMILES string of the molecule is CCc1nc2ccccc2n1CC(=O)OCC(=O)c1ccc(NC(=O)CC(C)C)cc1. The summed E-state index contributed by atoms with van der Waals surface area (Å²) in [5.41, 5.74) is 2.72. The topological polar surface area (TPSA) is 90.3 Å². The quantitative estimate of drug-likeness (QED) is 0.416. The lowest BCUT2D eigenvalue weighted by Gasteiger charge is -2.09. The fourth-order valence-electron chi connectivity index (χ4n) is 3.30. The molecule has 7 nitrogen and oxygen atoms in total. The summed E-state index contributed by atoms with van der Waals surface area (Å²) >= 11 is 0. The minimum atomic E-state index is -0.497. The van der Waals surface area contributed by atoms with Gasteiger partial charge in [-0.05, 0) is 42.3 Å². The van der Waals surface area contributed by atoms with Crippen LogP contribution in [0.25, 0.3) is 11.0 Å². The molecular weight excluding hydrogens is 394 g/mol. The Morgan fingerprint density at radius 3 is 2.45 bits per heavy atom. The van der Waals surface area contributed by atoms with Crippen molar-refractivity contribution in [2.45, 2.75) is 40.2 Å². The Labute approximate surface area is 181 Å². The molecule has 0 aliphatic rings. The number of aromatic nitrogens is 2. The molecule has 162 valence electrons. The van der Waals surface area contributed by atoms with Crippen LogP contribution in [0, 0.1) is 5.92 Å². The van der Waals surface area contributed by atoms with Gasteiger partial charge in [-0.2, -0.15) is 0 Å². The Morgan fingerprint density at radius 1 is 1.06 bits per heavy atom. The van der Waals surface area contributed by atoms with Crippen LogP contribution in [0.1, 0.15) is 43.4 Å². The number of esters is 1. The van der Waals surface area contributed by atoms with Crippen molar-refractivity contribution < 1.29 is 19.1 Å². The predicted octanol–water partition coefficient (Wildman–Crippen LogP) is 4.01. The fourth-order valence-corrected chi connectivity index (χ4v) is 3.30. The van der Waals surface area contributed by atoms with Crippen molar-refractivity contribution in [3.63, 3.8) is 0 Å². The third-order valence-electron chi connectivity index (χ3n) is 4.79. The Kier molecular flexibility index (Phi) is 7.18. The van der Waals surface area contributed by atoms with Gasteiger partial charge < -0.3 is 14.6 Å². The number of amides is 1. The molecule has 1 amide bonds. The molecule has 0 fully saturated rings. The molecule has 1 aromatic heterocycles. The molecule has 0 radical (unpaired) electrons. The molecule has 0 aliphatic carbocycles. The van der Waals surface area contributed by atoms with E-state index in [9.17, 15) is 14.4 Å². The van der Waals surface area contributed by atoms with Gasteiger partial charge in [-0.15, -0.1) is 0 Å². The van der Waals surface area contributed by atoms with Crippen LogP contribution >= 0.6 is 0 Å². The van der Waals surface area contributed by atoms with Crippen LogP contribution in [0.3, 0.4) is 0 Å². The summed E-state index contributed by atoms with van der Waals surface area (Å²) < 4.78 is 7.03. The molecule has 0 saturated heterocycles. The summed E-state index contributed by atoms with van der Waals surface area (Å²) in [5.74, 6) is 0.189. The lowest BCUT2D eigenvalue weighted by molar-refractivity contribution is -0.143. The van der Waals surface area contributed by atoms with E-state index in [1.807, 2.05) is 49.6 Å². The lowest BCUT2D eigenvalue weighted by Crippen LogP contribution is -2.19. The van der Waals surface area contributed by atoms with Gasteiger partial charge in [0.05, 0.1) is 11.0 Å². The molecule has 7 heteroatoms. The van der Waals surface area contributed by atoms with E-state index < -0.39 is 5.97 Å². The van der Waals surface area contributed by atoms with Gasteiger partial charge in [-0.1, -0.05) is 32.9 Å². The standard InChI is InChI=1S/C24H27N3O4/c1-4-22-26-19-7-5-6-8-20(19)27(22)14-24(30)31-15-21(28)17-9-11-18(12-10-17)25-23(29)13-16(2)3/h5-12,16H,4,13-15H2,1-3H3,(H,25,29). The molecule has 0 spiro atoms. The van der Waals surface area contributed by atoms with Crippen LogP contribution in [0.5, 0.6) is 0 Å². The summed E-state index contributed by atoms with van der Waals surface area (Å²) in [6, 6.07) is 14.1. The highest BCUT2D eigenvalue weighted by molar-refractivity contribution is 5.99. The third-order valence-corrected chi connectivity index (χ3v) is 4.79. The number of aryl methyl sites for hydroxylation is 1. The van der Waals surface area contributed by atoms with E-state index in [4.69, 9.17) is 4.74 Å². The number of Topliss-reactive ketones (excluding diaryl/α,β-unsaturated/α-hetero) is 1. The van der Waals surface area contributed by atoms with Crippen LogP contribution in [-0.2, 0) is 27.3 Å². The number of carbonyl (C=O) groups is 3. The number of ketones is 1. The number of benzene rings is 2. The number of nitrogens with one attached hydrogen (secondary N) is 1. The van der Waals surface area contributed by atoms with Crippen LogP contribution in [-0.4, -0.2) is 33.8 Å². The molecule has 0 aliphatic heterocycles. The van der Waals surface area contributed by atoms with E-state index in [2.05, 4.69) is 10.3 Å². The maximum atomic E-state index is 12.4. The van der Waals surface area contributed by atoms with Gasteiger partial charge in [-0.25, -0.2) is 4.98 Å². The molecule has 2 aromatic carbocycles. The highest BCUT2D eigenvalue weighted by atomic mass is 16.5. The number of anilines is 1. The summed E-state index contributed by atoms with van der Waals surface area (Å²) in [6.45, 7) is 5.58. The molecule has 3 rings (SSSR count). The minimum absolute atomic E-state index is 0.00220. The molecule has 31 heavy (non-hydrogen) atoms. The van der Waals surface area contributed by atoms with Gasteiger partial charge in [0, 0.05) is 24.1 Å². The minimum Gasteiger partial charge on any atom is -0.456 e. The van der Waals surface area contributed by atoms with Crippen molar-refractivity contribution in [1.82, 2.24) is 9.55 Å². The first-order chi connectivity index (χ1) is 14.9. The lowest BCUT2D eigenvalue weighted by atomic mass is 10.1. The molecule has 0 saturated carbocycles. The van der Waals surface area contributed by atoms with E-state index in [1.165, 1.54) is 0 Å². The number of nitrogens with zero attached hydrogens (tertiary/aromatic N) is 2. The first kappa shape index (κ1) is 22.2. The van der Waals surface area contributed by atoms with Crippen molar-refractivity contribution in [3.05, 3.63) is 59.9 Å². The maximum Gasteiger partial charge on any atom is 0.326 e. The number of fused-ring (bicyclic) bond motifs is 1. The van der Waals surface area contributed by atoms with E-state index in [1.54, 1.807) is 24.3 Å². The van der Waals surface area contributed by atoms with Gasteiger partial charge in [0.2, 0.25) is 5.91 Å². The normalized spacial score (nSPS) is 11.0. The van der Waals surface area contributed by atoms with E-state index in [0.29, 0.717) is 24.1 Å². The zero-order valence-corrected chi connectivity index (χ0v) is 18.1. The van der Waals surface area contributed by atoms with Crippen LogP contribution in [0.2, 0.25) is 0 Å². The Hall–Kier alpha value is -3.48. The second-order valence-electron chi connectivity index (χ2n) is 7.76. The molecule has 1 heterocycles. The number of hydrogen-bond donors (Lipinski definition) is 1. The van der Waals surface area contributed by atoms with E-state index in [-0.39, 0.29) is 30.8 Å². The molecule has 0 unspecified atom stereocenters. The molecule has 0 atom stereocenters.